The largest absolute Gasteiger partial charge is 0.465 e. The van der Waals surface area contributed by atoms with Crippen molar-refractivity contribution in [1.29, 1.82) is 0 Å². The fraction of sp³-hybridized carbons (Fsp3) is 0.0714. The molecule has 0 fully saturated rings. The second-order valence-electron chi connectivity index (χ2n) is 4.38. The number of hydrogen-bond acceptors (Lipinski definition) is 9. The predicted molar refractivity (Wildman–Crippen MR) is 80.6 cm³/mol. The van der Waals surface area contributed by atoms with Crippen molar-refractivity contribution in [2.45, 2.75) is 10.1 Å². The normalized spacial score (nSPS) is 10.5. The third-order valence-electron chi connectivity index (χ3n) is 2.91. The van der Waals surface area contributed by atoms with E-state index in [4.69, 9.17) is 8.83 Å². The molecule has 2 heterocycles. The second kappa shape index (κ2) is 6.54. The Bertz CT molecular complexity index is 890. The van der Waals surface area contributed by atoms with Gasteiger partial charge in [0.15, 0.2) is 5.76 Å². The number of nitro groups is 1. The predicted octanol–water partition coefficient (Wildman–Crippen LogP) is 3.18. The summed E-state index contributed by atoms with van der Waals surface area (Å²) in [5.74, 6) is -0.109. The van der Waals surface area contributed by atoms with E-state index in [0.717, 1.165) is 17.8 Å². The Balaban J connectivity index is 1.92. The number of hydrogen-bond donors (Lipinski definition) is 0. The number of ether oxygens (including phenoxy) is 1. The summed E-state index contributed by atoms with van der Waals surface area (Å²) < 4.78 is 15.2. The molecule has 3 aromatic rings. The van der Waals surface area contributed by atoms with E-state index in [9.17, 15) is 14.9 Å². The number of esters is 1. The van der Waals surface area contributed by atoms with Gasteiger partial charge in [-0.15, -0.1) is 10.2 Å². The van der Waals surface area contributed by atoms with Crippen molar-refractivity contribution in [2.24, 2.45) is 0 Å². The van der Waals surface area contributed by atoms with Gasteiger partial charge in [0.2, 0.25) is 0 Å². The molecule has 0 aliphatic rings. The highest BCUT2D eigenvalue weighted by molar-refractivity contribution is 7.99. The topological polar surface area (TPSA) is 122 Å². The molecule has 0 amide bonds. The van der Waals surface area contributed by atoms with Gasteiger partial charge in [0.25, 0.3) is 16.8 Å². The lowest BCUT2D eigenvalue weighted by Gasteiger charge is -2.05. The number of nitro benzene ring substituents is 1. The molecule has 0 aliphatic heterocycles. The number of benzene rings is 1. The van der Waals surface area contributed by atoms with Gasteiger partial charge in [0.1, 0.15) is 0 Å². The molecular weight excluding hydrogens is 338 g/mol. The van der Waals surface area contributed by atoms with Gasteiger partial charge >= 0.3 is 5.97 Å². The van der Waals surface area contributed by atoms with E-state index < -0.39 is 10.9 Å². The summed E-state index contributed by atoms with van der Waals surface area (Å²) in [6.45, 7) is 0. The average molecular weight is 347 g/mol. The van der Waals surface area contributed by atoms with Crippen LogP contribution >= 0.6 is 11.8 Å². The molecule has 0 aliphatic carbocycles. The first-order valence-electron chi connectivity index (χ1n) is 6.50. The molecule has 122 valence electrons. The molecule has 3 rings (SSSR count). The van der Waals surface area contributed by atoms with Crippen LogP contribution in [0.25, 0.3) is 11.7 Å². The van der Waals surface area contributed by atoms with E-state index >= 15 is 0 Å². The maximum absolute atomic E-state index is 11.9. The van der Waals surface area contributed by atoms with Crippen molar-refractivity contribution >= 4 is 23.4 Å². The fourth-order valence-electron chi connectivity index (χ4n) is 1.83. The minimum absolute atomic E-state index is 0.0365. The monoisotopic (exact) mass is 347 g/mol. The maximum Gasteiger partial charge on any atom is 0.339 e. The lowest BCUT2D eigenvalue weighted by atomic mass is 10.2. The average Bonchev–Trinajstić information content (AvgIpc) is 3.25. The van der Waals surface area contributed by atoms with Crippen molar-refractivity contribution in [3.63, 3.8) is 0 Å². The number of nitrogens with zero attached hydrogens (tertiary/aromatic N) is 3. The van der Waals surface area contributed by atoms with Gasteiger partial charge in [-0.1, -0.05) is 0 Å². The summed E-state index contributed by atoms with van der Waals surface area (Å²) in [7, 11) is 1.19. The third kappa shape index (κ3) is 3.13. The minimum atomic E-state index is -0.702. The zero-order chi connectivity index (χ0) is 17.1. The summed E-state index contributed by atoms with van der Waals surface area (Å²) in [6, 6.07) is 7.17. The van der Waals surface area contributed by atoms with Gasteiger partial charge in [0.05, 0.1) is 23.9 Å². The van der Waals surface area contributed by atoms with Crippen LogP contribution in [0.3, 0.4) is 0 Å². The van der Waals surface area contributed by atoms with Gasteiger partial charge in [-0.3, -0.25) is 10.1 Å². The molecule has 0 spiro atoms. The Kier molecular flexibility index (Phi) is 4.29. The van der Waals surface area contributed by atoms with Crippen molar-refractivity contribution in [2.75, 3.05) is 7.11 Å². The minimum Gasteiger partial charge on any atom is -0.465 e. The highest BCUT2D eigenvalue weighted by atomic mass is 32.2. The van der Waals surface area contributed by atoms with Gasteiger partial charge in [-0.25, -0.2) is 4.79 Å². The highest BCUT2D eigenvalue weighted by Gasteiger charge is 2.20. The van der Waals surface area contributed by atoms with Crippen LogP contribution in [0.4, 0.5) is 5.69 Å². The zero-order valence-electron chi connectivity index (χ0n) is 12.2. The lowest BCUT2D eigenvalue weighted by molar-refractivity contribution is -0.384. The molecule has 0 radical (unpaired) electrons. The molecule has 10 heteroatoms. The van der Waals surface area contributed by atoms with Crippen molar-refractivity contribution in [1.82, 2.24) is 10.2 Å². The molecule has 24 heavy (non-hydrogen) atoms. The molecule has 0 saturated heterocycles. The molecule has 0 N–H and O–H groups in total. The second-order valence-corrected chi connectivity index (χ2v) is 5.37. The van der Waals surface area contributed by atoms with Crippen LogP contribution in [-0.4, -0.2) is 28.2 Å². The van der Waals surface area contributed by atoms with Crippen LogP contribution in [0.1, 0.15) is 10.4 Å². The molecule has 0 unspecified atom stereocenters. The van der Waals surface area contributed by atoms with E-state index in [-0.39, 0.29) is 22.4 Å². The molecular formula is C14H9N3O6S. The Morgan fingerprint density at radius 1 is 1.33 bits per heavy atom. The van der Waals surface area contributed by atoms with E-state index in [1.165, 1.54) is 25.5 Å². The molecule has 2 aromatic heterocycles. The Hall–Kier alpha value is -3.14. The van der Waals surface area contributed by atoms with E-state index in [0.29, 0.717) is 10.7 Å². The van der Waals surface area contributed by atoms with Crippen LogP contribution in [0.2, 0.25) is 0 Å². The van der Waals surface area contributed by atoms with Crippen LogP contribution in [0.15, 0.2) is 55.5 Å². The molecule has 9 nitrogen and oxygen atoms in total. The summed E-state index contributed by atoms with van der Waals surface area (Å²) in [5.41, 5.74) is -0.184. The smallest absolute Gasteiger partial charge is 0.339 e. The van der Waals surface area contributed by atoms with Gasteiger partial charge in [0, 0.05) is 17.0 Å². The van der Waals surface area contributed by atoms with Crippen molar-refractivity contribution in [3.8, 4) is 11.7 Å². The van der Waals surface area contributed by atoms with Gasteiger partial charge < -0.3 is 13.6 Å². The van der Waals surface area contributed by atoms with Gasteiger partial charge in [-0.2, -0.15) is 0 Å². The molecule has 0 bridgehead atoms. The van der Waals surface area contributed by atoms with Crippen LogP contribution < -0.4 is 0 Å². The SMILES string of the molecule is COC(=O)c1cc([N+](=O)[O-])ccc1Sc1nnc(-c2ccco2)o1. The number of methoxy groups -OCH3 is 1. The molecule has 0 saturated carbocycles. The van der Waals surface area contributed by atoms with Crippen LogP contribution in [0, 0.1) is 10.1 Å². The Labute approximate surface area is 138 Å². The van der Waals surface area contributed by atoms with Crippen LogP contribution in [-0.2, 0) is 4.74 Å². The van der Waals surface area contributed by atoms with Crippen LogP contribution in [0.5, 0.6) is 0 Å². The molecule has 0 atom stereocenters. The number of carbonyl (C=O) groups is 1. The number of furan rings is 1. The Morgan fingerprint density at radius 3 is 2.83 bits per heavy atom. The number of rotatable bonds is 5. The first-order chi connectivity index (χ1) is 11.6. The summed E-state index contributed by atoms with van der Waals surface area (Å²) in [5, 5.41) is 18.7. The van der Waals surface area contributed by atoms with Crippen molar-refractivity contribution in [3.05, 3.63) is 52.3 Å². The Morgan fingerprint density at radius 2 is 2.17 bits per heavy atom. The summed E-state index contributed by atoms with van der Waals surface area (Å²) >= 11 is 0.991. The van der Waals surface area contributed by atoms with E-state index in [1.54, 1.807) is 12.1 Å². The van der Waals surface area contributed by atoms with E-state index in [1.807, 2.05) is 0 Å². The van der Waals surface area contributed by atoms with Gasteiger partial charge in [-0.05, 0) is 30.0 Å². The fourth-order valence-corrected chi connectivity index (χ4v) is 2.61. The standard InChI is InChI=1S/C14H9N3O6S/c1-21-13(18)9-7-8(17(19)20)4-5-11(9)24-14-16-15-12(23-14)10-3-2-6-22-10/h2-7H,1H3. The lowest BCUT2D eigenvalue weighted by Crippen LogP contribution is -2.04. The number of non-ortho nitro benzene ring substituents is 1. The maximum atomic E-state index is 11.9. The number of carbonyl (C=O) groups excluding carboxylic acids is 1. The first kappa shape index (κ1) is 15.7. The zero-order valence-corrected chi connectivity index (χ0v) is 13.0. The third-order valence-corrected chi connectivity index (χ3v) is 3.83. The number of aromatic nitrogens is 2. The van der Waals surface area contributed by atoms with Crippen molar-refractivity contribution < 1.29 is 23.3 Å². The highest BCUT2D eigenvalue weighted by Crippen LogP contribution is 2.33. The first-order valence-corrected chi connectivity index (χ1v) is 7.32. The molecule has 1 aromatic carbocycles. The summed E-state index contributed by atoms with van der Waals surface area (Å²) in [6.07, 6.45) is 1.47. The van der Waals surface area contributed by atoms with E-state index in [2.05, 4.69) is 14.9 Å². The quantitative estimate of drug-likeness (QED) is 0.389. The summed E-state index contributed by atoms with van der Waals surface area (Å²) in [4.78, 5) is 22.5.